The Morgan fingerprint density at radius 3 is 3.14 bits per heavy atom. The van der Waals surface area contributed by atoms with Crippen LogP contribution in [0.15, 0.2) is 10.9 Å². The molecule has 0 aliphatic carbocycles. The first-order chi connectivity index (χ1) is 6.74. The molecular weight excluding hydrogens is 198 g/mol. The van der Waals surface area contributed by atoms with Crippen molar-refractivity contribution in [1.29, 1.82) is 0 Å². The highest BCUT2D eigenvalue weighted by molar-refractivity contribution is 7.07. The quantitative estimate of drug-likeness (QED) is 0.743. The predicted octanol–water partition coefficient (Wildman–Crippen LogP) is 0.397. The van der Waals surface area contributed by atoms with Crippen molar-refractivity contribution in [2.75, 3.05) is 13.1 Å². The molecular formula is C9H15N3OS. The van der Waals surface area contributed by atoms with Crippen LogP contribution < -0.4 is 11.1 Å². The molecule has 1 heterocycles. The van der Waals surface area contributed by atoms with Crippen LogP contribution >= 0.6 is 11.3 Å². The van der Waals surface area contributed by atoms with Gasteiger partial charge in [0.05, 0.1) is 11.2 Å². The van der Waals surface area contributed by atoms with Gasteiger partial charge in [-0.1, -0.05) is 6.92 Å². The fraction of sp³-hybridized carbons (Fsp3) is 0.556. The third-order valence-corrected chi connectivity index (χ3v) is 2.60. The molecule has 78 valence electrons. The SMILES string of the molecule is CC(CN)C(=O)NCCc1cscn1. The van der Waals surface area contributed by atoms with E-state index in [2.05, 4.69) is 10.3 Å². The summed E-state index contributed by atoms with van der Waals surface area (Å²) in [4.78, 5) is 15.4. The lowest BCUT2D eigenvalue weighted by Crippen LogP contribution is -2.34. The molecule has 0 saturated carbocycles. The second kappa shape index (κ2) is 5.72. The average molecular weight is 213 g/mol. The zero-order valence-electron chi connectivity index (χ0n) is 8.19. The Bertz CT molecular complexity index is 274. The zero-order chi connectivity index (χ0) is 10.4. The standard InChI is InChI=1S/C9H15N3OS/c1-7(4-10)9(13)11-3-2-8-5-14-6-12-8/h5-7H,2-4,10H2,1H3,(H,11,13). The normalized spacial score (nSPS) is 12.4. The van der Waals surface area contributed by atoms with Crippen molar-refractivity contribution < 1.29 is 4.79 Å². The number of carbonyl (C=O) groups excluding carboxylic acids is 1. The van der Waals surface area contributed by atoms with Gasteiger partial charge in [-0.25, -0.2) is 4.98 Å². The highest BCUT2D eigenvalue weighted by atomic mass is 32.1. The monoisotopic (exact) mass is 213 g/mol. The summed E-state index contributed by atoms with van der Waals surface area (Å²) in [5.74, 6) is -0.0897. The Morgan fingerprint density at radius 1 is 1.79 bits per heavy atom. The second-order valence-corrected chi connectivity index (χ2v) is 3.88. The number of rotatable bonds is 5. The molecule has 0 aromatic carbocycles. The molecule has 1 aromatic rings. The second-order valence-electron chi connectivity index (χ2n) is 3.16. The Kier molecular flexibility index (Phi) is 4.55. The summed E-state index contributed by atoms with van der Waals surface area (Å²) in [5, 5.41) is 4.80. The summed E-state index contributed by atoms with van der Waals surface area (Å²) in [6.07, 6.45) is 0.784. The van der Waals surface area contributed by atoms with Gasteiger partial charge in [0, 0.05) is 30.8 Å². The first-order valence-corrected chi connectivity index (χ1v) is 5.53. The van der Waals surface area contributed by atoms with Crippen molar-refractivity contribution in [3.63, 3.8) is 0 Å². The first kappa shape index (κ1) is 11.1. The van der Waals surface area contributed by atoms with Crippen LogP contribution in [0.2, 0.25) is 0 Å². The van der Waals surface area contributed by atoms with Crippen molar-refractivity contribution in [1.82, 2.24) is 10.3 Å². The van der Waals surface area contributed by atoms with E-state index in [0.717, 1.165) is 12.1 Å². The van der Waals surface area contributed by atoms with Crippen molar-refractivity contribution in [3.05, 3.63) is 16.6 Å². The van der Waals surface area contributed by atoms with E-state index in [4.69, 9.17) is 5.73 Å². The molecule has 0 aliphatic rings. The van der Waals surface area contributed by atoms with E-state index in [1.807, 2.05) is 12.3 Å². The highest BCUT2D eigenvalue weighted by Crippen LogP contribution is 2.00. The summed E-state index contributed by atoms with van der Waals surface area (Å²) in [7, 11) is 0. The van der Waals surface area contributed by atoms with Gasteiger partial charge in [0.25, 0.3) is 0 Å². The van der Waals surface area contributed by atoms with Crippen molar-refractivity contribution >= 4 is 17.2 Å². The molecule has 0 aliphatic heterocycles. The molecule has 0 saturated heterocycles. The van der Waals surface area contributed by atoms with Crippen LogP contribution in [-0.2, 0) is 11.2 Å². The predicted molar refractivity (Wildman–Crippen MR) is 57.0 cm³/mol. The van der Waals surface area contributed by atoms with E-state index < -0.39 is 0 Å². The van der Waals surface area contributed by atoms with Crippen LogP contribution in [-0.4, -0.2) is 24.0 Å². The number of nitrogens with two attached hydrogens (primary N) is 1. The number of hydrogen-bond acceptors (Lipinski definition) is 4. The average Bonchev–Trinajstić information content (AvgIpc) is 2.69. The summed E-state index contributed by atoms with van der Waals surface area (Å²) in [6.45, 7) is 2.84. The van der Waals surface area contributed by atoms with Crippen LogP contribution in [0.25, 0.3) is 0 Å². The van der Waals surface area contributed by atoms with E-state index in [9.17, 15) is 4.79 Å². The van der Waals surface area contributed by atoms with Crippen molar-refractivity contribution in [2.45, 2.75) is 13.3 Å². The number of carbonyl (C=O) groups is 1. The van der Waals surface area contributed by atoms with Crippen LogP contribution in [0, 0.1) is 5.92 Å². The zero-order valence-corrected chi connectivity index (χ0v) is 9.01. The smallest absolute Gasteiger partial charge is 0.224 e. The molecule has 4 nitrogen and oxygen atoms in total. The van der Waals surface area contributed by atoms with E-state index in [-0.39, 0.29) is 11.8 Å². The number of thiazole rings is 1. The van der Waals surface area contributed by atoms with E-state index in [0.29, 0.717) is 13.1 Å². The van der Waals surface area contributed by atoms with Crippen molar-refractivity contribution in [3.8, 4) is 0 Å². The molecule has 0 radical (unpaired) electrons. The van der Waals surface area contributed by atoms with Gasteiger partial charge in [0.2, 0.25) is 5.91 Å². The molecule has 5 heteroatoms. The van der Waals surface area contributed by atoms with Crippen LogP contribution in [0.4, 0.5) is 0 Å². The van der Waals surface area contributed by atoms with Crippen LogP contribution in [0.3, 0.4) is 0 Å². The summed E-state index contributed by atoms with van der Waals surface area (Å²) in [6, 6.07) is 0. The van der Waals surface area contributed by atoms with Gasteiger partial charge in [-0.05, 0) is 0 Å². The van der Waals surface area contributed by atoms with Gasteiger partial charge in [0.15, 0.2) is 0 Å². The molecule has 1 aromatic heterocycles. The third kappa shape index (κ3) is 3.43. The molecule has 0 fully saturated rings. The maximum absolute atomic E-state index is 11.3. The number of aromatic nitrogens is 1. The minimum atomic E-state index is -0.106. The molecule has 14 heavy (non-hydrogen) atoms. The van der Waals surface area contributed by atoms with Crippen LogP contribution in [0.1, 0.15) is 12.6 Å². The highest BCUT2D eigenvalue weighted by Gasteiger charge is 2.09. The molecule has 1 amide bonds. The maximum Gasteiger partial charge on any atom is 0.224 e. The molecule has 0 spiro atoms. The Balaban J connectivity index is 2.18. The largest absolute Gasteiger partial charge is 0.355 e. The van der Waals surface area contributed by atoms with Crippen LogP contribution in [0.5, 0.6) is 0 Å². The van der Waals surface area contributed by atoms with Gasteiger partial charge < -0.3 is 11.1 Å². The minimum absolute atomic E-state index is 0.0164. The maximum atomic E-state index is 11.3. The molecule has 3 N–H and O–H groups in total. The molecule has 1 atom stereocenters. The van der Waals surface area contributed by atoms with E-state index >= 15 is 0 Å². The first-order valence-electron chi connectivity index (χ1n) is 4.59. The van der Waals surface area contributed by atoms with Gasteiger partial charge in [0.1, 0.15) is 0 Å². The summed E-state index contributed by atoms with van der Waals surface area (Å²) in [5.41, 5.74) is 8.18. The number of hydrogen-bond donors (Lipinski definition) is 2. The Labute approximate surface area is 87.5 Å². The van der Waals surface area contributed by atoms with E-state index in [1.54, 1.807) is 16.8 Å². The topological polar surface area (TPSA) is 68.0 Å². The Morgan fingerprint density at radius 2 is 2.57 bits per heavy atom. The minimum Gasteiger partial charge on any atom is -0.355 e. The fourth-order valence-corrected chi connectivity index (χ4v) is 1.55. The number of amides is 1. The summed E-state index contributed by atoms with van der Waals surface area (Å²) < 4.78 is 0. The molecule has 0 bridgehead atoms. The third-order valence-electron chi connectivity index (χ3n) is 1.96. The number of nitrogens with zero attached hydrogens (tertiary/aromatic N) is 1. The van der Waals surface area contributed by atoms with Gasteiger partial charge in [-0.15, -0.1) is 11.3 Å². The number of nitrogens with one attached hydrogen (secondary N) is 1. The van der Waals surface area contributed by atoms with Gasteiger partial charge in [-0.3, -0.25) is 4.79 Å². The lowest BCUT2D eigenvalue weighted by Gasteiger charge is -2.08. The van der Waals surface area contributed by atoms with Gasteiger partial charge >= 0.3 is 0 Å². The van der Waals surface area contributed by atoms with E-state index in [1.165, 1.54) is 0 Å². The lowest BCUT2D eigenvalue weighted by atomic mass is 10.1. The molecule has 1 rings (SSSR count). The molecule has 1 unspecified atom stereocenters. The summed E-state index contributed by atoms with van der Waals surface area (Å²) >= 11 is 1.57. The Hall–Kier alpha value is -0.940. The van der Waals surface area contributed by atoms with Gasteiger partial charge in [-0.2, -0.15) is 0 Å². The van der Waals surface area contributed by atoms with Crippen molar-refractivity contribution in [2.24, 2.45) is 11.7 Å². The fourth-order valence-electron chi connectivity index (χ4n) is 0.956. The lowest BCUT2D eigenvalue weighted by molar-refractivity contribution is -0.124.